The Labute approximate surface area is 140 Å². The van der Waals surface area contributed by atoms with E-state index in [-0.39, 0.29) is 12.1 Å². The number of rotatable bonds is 3. The Bertz CT molecular complexity index is 756. The molecule has 0 radical (unpaired) electrons. The number of amides is 1. The van der Waals surface area contributed by atoms with Crippen molar-refractivity contribution in [2.45, 2.75) is 44.2 Å². The number of fused-ring (bicyclic) bond motifs is 2. The Balaban J connectivity index is 1.49. The van der Waals surface area contributed by atoms with Crippen LogP contribution in [0.3, 0.4) is 0 Å². The fraction of sp³-hybridized carbons (Fsp3) is 0.444. The number of hydrogen-bond acceptors (Lipinski definition) is 5. The fourth-order valence-corrected chi connectivity index (χ4v) is 3.72. The maximum Gasteiger partial charge on any atom is 0.414 e. The lowest BCUT2D eigenvalue weighted by Crippen LogP contribution is -2.41. The van der Waals surface area contributed by atoms with Crippen molar-refractivity contribution in [2.24, 2.45) is 0 Å². The quantitative estimate of drug-likeness (QED) is 0.906. The number of likely N-dealkylation sites (N-methyl/N-ethyl adjacent to an activating group) is 1. The average molecular weight is 327 g/mol. The predicted molar refractivity (Wildman–Crippen MR) is 88.0 cm³/mol. The third kappa shape index (κ3) is 2.67. The van der Waals surface area contributed by atoms with Gasteiger partial charge in [0.15, 0.2) is 0 Å². The van der Waals surface area contributed by atoms with Crippen LogP contribution in [0.25, 0.3) is 0 Å². The number of carbonyl (C=O) groups is 1. The summed E-state index contributed by atoms with van der Waals surface area (Å²) in [5.74, 6) is 1.16. The summed E-state index contributed by atoms with van der Waals surface area (Å²) >= 11 is 0. The Hall–Kier alpha value is -2.34. The van der Waals surface area contributed by atoms with Crippen LogP contribution in [0.1, 0.15) is 41.3 Å². The van der Waals surface area contributed by atoms with Crippen molar-refractivity contribution in [1.82, 2.24) is 15.8 Å². The topological polar surface area (TPSA) is 76.4 Å². The minimum Gasteiger partial charge on any atom is -0.388 e. The number of nitrogens with one attached hydrogen (secondary N) is 2. The molecule has 2 aliphatic rings. The van der Waals surface area contributed by atoms with Gasteiger partial charge in [-0.25, -0.2) is 4.79 Å². The van der Waals surface area contributed by atoms with Gasteiger partial charge in [0.1, 0.15) is 5.76 Å². The summed E-state index contributed by atoms with van der Waals surface area (Å²) in [5, 5.41) is 10.2. The molecular formula is C18H21N3O3. The van der Waals surface area contributed by atoms with Gasteiger partial charge in [-0.3, -0.25) is 0 Å². The number of aromatic nitrogens is 1. The molecule has 0 fully saturated rings. The molecule has 2 aromatic rings. The first kappa shape index (κ1) is 15.2. The van der Waals surface area contributed by atoms with E-state index in [1.165, 1.54) is 5.56 Å². The van der Waals surface area contributed by atoms with E-state index >= 15 is 0 Å². The van der Waals surface area contributed by atoms with Crippen LogP contribution in [0, 0.1) is 0 Å². The van der Waals surface area contributed by atoms with Crippen molar-refractivity contribution in [3.05, 3.63) is 46.7 Å². The second-order valence-corrected chi connectivity index (χ2v) is 6.41. The minimum atomic E-state index is -0.487. The first-order valence-corrected chi connectivity index (χ1v) is 8.47. The van der Waals surface area contributed by atoms with Crippen molar-refractivity contribution >= 4 is 6.09 Å². The molecule has 6 heteroatoms. The SMILES string of the molecule is CN[C@H]1Cc2ccccc2[C@@H]1NC(=O)Oc1noc2c1CCCC2. The van der Waals surface area contributed by atoms with Crippen molar-refractivity contribution in [3.8, 4) is 5.88 Å². The number of hydrogen-bond donors (Lipinski definition) is 2. The molecule has 0 unspecified atom stereocenters. The van der Waals surface area contributed by atoms with Gasteiger partial charge in [-0.2, -0.15) is 0 Å². The number of carbonyl (C=O) groups excluding carboxylic acids is 1. The Morgan fingerprint density at radius 1 is 1.29 bits per heavy atom. The van der Waals surface area contributed by atoms with Crippen LogP contribution in [0.5, 0.6) is 5.88 Å². The van der Waals surface area contributed by atoms with Gasteiger partial charge in [0, 0.05) is 12.5 Å². The van der Waals surface area contributed by atoms with Gasteiger partial charge in [-0.15, -0.1) is 0 Å². The zero-order valence-corrected chi connectivity index (χ0v) is 13.7. The van der Waals surface area contributed by atoms with Gasteiger partial charge in [-0.05, 0) is 49.0 Å². The van der Waals surface area contributed by atoms with Crippen LogP contribution < -0.4 is 15.4 Å². The summed E-state index contributed by atoms with van der Waals surface area (Å²) in [6.45, 7) is 0. The Morgan fingerprint density at radius 2 is 2.12 bits per heavy atom. The van der Waals surface area contributed by atoms with Crippen LogP contribution in [0.2, 0.25) is 0 Å². The molecule has 6 nitrogen and oxygen atoms in total. The summed E-state index contributed by atoms with van der Waals surface area (Å²) < 4.78 is 10.7. The first-order chi connectivity index (χ1) is 11.8. The summed E-state index contributed by atoms with van der Waals surface area (Å²) in [5.41, 5.74) is 3.32. The monoisotopic (exact) mass is 327 g/mol. The van der Waals surface area contributed by atoms with Gasteiger partial charge in [-0.1, -0.05) is 24.3 Å². The highest BCUT2D eigenvalue weighted by molar-refractivity contribution is 5.71. The van der Waals surface area contributed by atoms with Crippen LogP contribution in [0.4, 0.5) is 4.79 Å². The number of benzene rings is 1. The smallest absolute Gasteiger partial charge is 0.388 e. The molecule has 0 bridgehead atoms. The third-order valence-electron chi connectivity index (χ3n) is 4.98. The van der Waals surface area contributed by atoms with E-state index in [0.717, 1.165) is 49.0 Å². The molecule has 1 aromatic carbocycles. The summed E-state index contributed by atoms with van der Waals surface area (Å²) in [6, 6.07) is 8.21. The van der Waals surface area contributed by atoms with E-state index in [9.17, 15) is 4.79 Å². The van der Waals surface area contributed by atoms with E-state index in [0.29, 0.717) is 5.88 Å². The zero-order chi connectivity index (χ0) is 16.5. The Kier molecular flexibility index (Phi) is 3.98. The van der Waals surface area contributed by atoms with Crippen LogP contribution in [-0.2, 0) is 19.3 Å². The van der Waals surface area contributed by atoms with E-state index in [2.05, 4.69) is 27.9 Å². The zero-order valence-electron chi connectivity index (χ0n) is 13.7. The second-order valence-electron chi connectivity index (χ2n) is 6.41. The molecule has 0 spiro atoms. The average Bonchev–Trinajstić information content (AvgIpc) is 3.17. The number of ether oxygens (including phenoxy) is 1. The highest BCUT2D eigenvalue weighted by Crippen LogP contribution is 2.32. The fourth-order valence-electron chi connectivity index (χ4n) is 3.72. The molecule has 1 heterocycles. The van der Waals surface area contributed by atoms with Crippen molar-refractivity contribution in [1.29, 1.82) is 0 Å². The van der Waals surface area contributed by atoms with Crippen LogP contribution >= 0.6 is 0 Å². The molecule has 0 saturated carbocycles. The highest BCUT2D eigenvalue weighted by atomic mass is 16.6. The normalized spacial score (nSPS) is 21.9. The molecule has 1 aromatic heterocycles. The molecule has 1 amide bonds. The van der Waals surface area contributed by atoms with Gasteiger partial charge >= 0.3 is 6.09 Å². The second kappa shape index (κ2) is 6.28. The molecule has 2 N–H and O–H groups in total. The lowest BCUT2D eigenvalue weighted by molar-refractivity contribution is 0.188. The number of nitrogens with zero attached hydrogens (tertiary/aromatic N) is 1. The van der Waals surface area contributed by atoms with Gasteiger partial charge < -0.3 is 19.9 Å². The van der Waals surface area contributed by atoms with Crippen LogP contribution in [-0.4, -0.2) is 24.3 Å². The minimum absolute atomic E-state index is 0.110. The molecule has 0 aliphatic heterocycles. The summed E-state index contributed by atoms with van der Waals surface area (Å²) in [6.07, 6.45) is 4.29. The van der Waals surface area contributed by atoms with Crippen LogP contribution in [0.15, 0.2) is 28.8 Å². The van der Waals surface area contributed by atoms with E-state index in [1.54, 1.807) is 0 Å². The largest absolute Gasteiger partial charge is 0.414 e. The lowest BCUT2D eigenvalue weighted by atomic mass is 9.99. The van der Waals surface area contributed by atoms with Gasteiger partial charge in [0.25, 0.3) is 5.88 Å². The molecular weight excluding hydrogens is 306 g/mol. The molecule has 2 atom stereocenters. The van der Waals surface area contributed by atoms with Crippen molar-refractivity contribution in [2.75, 3.05) is 7.05 Å². The first-order valence-electron chi connectivity index (χ1n) is 8.47. The van der Waals surface area contributed by atoms with Crippen molar-refractivity contribution < 1.29 is 14.1 Å². The van der Waals surface area contributed by atoms with Gasteiger partial charge in [0.05, 0.1) is 11.6 Å². The van der Waals surface area contributed by atoms with Gasteiger partial charge in [0.2, 0.25) is 0 Å². The third-order valence-corrected chi connectivity index (χ3v) is 4.98. The van der Waals surface area contributed by atoms with E-state index in [1.807, 2.05) is 19.2 Å². The maximum absolute atomic E-state index is 12.4. The lowest BCUT2D eigenvalue weighted by Gasteiger charge is -2.21. The molecule has 2 aliphatic carbocycles. The summed E-state index contributed by atoms with van der Waals surface area (Å²) in [7, 11) is 1.91. The highest BCUT2D eigenvalue weighted by Gasteiger charge is 2.33. The molecule has 4 rings (SSSR count). The Morgan fingerprint density at radius 3 is 3.00 bits per heavy atom. The number of aryl methyl sites for hydroxylation is 1. The predicted octanol–water partition coefficient (Wildman–Crippen LogP) is 2.53. The van der Waals surface area contributed by atoms with E-state index < -0.39 is 6.09 Å². The maximum atomic E-state index is 12.4. The van der Waals surface area contributed by atoms with Crippen molar-refractivity contribution in [3.63, 3.8) is 0 Å². The summed E-state index contributed by atoms with van der Waals surface area (Å²) in [4.78, 5) is 12.4. The van der Waals surface area contributed by atoms with E-state index in [4.69, 9.17) is 9.26 Å². The standard InChI is InChI=1S/C18H21N3O3/c1-19-14-10-11-6-2-3-7-12(11)16(14)20-18(22)23-17-13-8-4-5-9-15(13)24-21-17/h2-3,6-7,14,16,19H,4-5,8-10H2,1H3,(H,20,22)/t14-,16-/m0/s1. The molecule has 0 saturated heterocycles. The molecule has 126 valence electrons. The molecule has 24 heavy (non-hydrogen) atoms.